The van der Waals surface area contributed by atoms with Gasteiger partial charge in [0.2, 0.25) is 0 Å². The lowest BCUT2D eigenvalue weighted by atomic mass is 10.1. The minimum Gasteiger partial charge on any atom is -0.310 e. The van der Waals surface area contributed by atoms with Crippen molar-refractivity contribution >= 4 is 0 Å². The van der Waals surface area contributed by atoms with E-state index in [0.29, 0.717) is 0 Å². The molecule has 0 radical (unpaired) electrons. The number of hydrogen-bond donors (Lipinski definition) is 1. The van der Waals surface area contributed by atoms with Crippen LogP contribution in [0.2, 0.25) is 0 Å². The Kier molecular flexibility index (Phi) is 2.46. The molecule has 1 aromatic heterocycles. The third-order valence-corrected chi connectivity index (χ3v) is 2.93. The highest BCUT2D eigenvalue weighted by atomic mass is 15.0. The van der Waals surface area contributed by atoms with E-state index in [9.17, 15) is 0 Å². The number of hydrogen-bond acceptors (Lipinski definition) is 2. The van der Waals surface area contributed by atoms with E-state index in [-0.39, 0.29) is 0 Å². The molecular formula is C13H15N3. The van der Waals surface area contributed by atoms with E-state index in [2.05, 4.69) is 39.1 Å². The molecule has 0 spiro atoms. The van der Waals surface area contributed by atoms with Crippen LogP contribution in [0.1, 0.15) is 18.4 Å². The Morgan fingerprint density at radius 3 is 2.94 bits per heavy atom. The lowest BCUT2D eigenvalue weighted by Crippen LogP contribution is -2.16. The Morgan fingerprint density at radius 2 is 2.19 bits per heavy atom. The second-order valence-electron chi connectivity index (χ2n) is 4.25. The molecule has 16 heavy (non-hydrogen) atoms. The molecule has 0 aliphatic heterocycles. The smallest absolute Gasteiger partial charge is 0.0991 e. The molecule has 1 N–H and O–H groups in total. The van der Waals surface area contributed by atoms with Gasteiger partial charge in [0.15, 0.2) is 0 Å². The molecule has 0 unspecified atom stereocenters. The Labute approximate surface area is 95.1 Å². The van der Waals surface area contributed by atoms with E-state index in [1.807, 2.05) is 18.7 Å². The number of benzene rings is 1. The van der Waals surface area contributed by atoms with Gasteiger partial charge in [-0.05, 0) is 24.5 Å². The third-order valence-electron chi connectivity index (χ3n) is 2.93. The average Bonchev–Trinajstić information content (AvgIpc) is 3.00. The zero-order valence-electron chi connectivity index (χ0n) is 9.13. The maximum absolute atomic E-state index is 4.09. The second-order valence-corrected chi connectivity index (χ2v) is 4.25. The van der Waals surface area contributed by atoms with Gasteiger partial charge in [-0.2, -0.15) is 0 Å². The van der Waals surface area contributed by atoms with Crippen LogP contribution in [0.5, 0.6) is 0 Å². The fraction of sp³-hybridized carbons (Fsp3) is 0.308. The first-order chi connectivity index (χ1) is 7.93. The van der Waals surface area contributed by atoms with Crippen LogP contribution in [-0.2, 0) is 6.54 Å². The van der Waals surface area contributed by atoms with Crippen molar-refractivity contribution in [2.75, 3.05) is 0 Å². The standard InChI is InChI=1S/C13H15N3/c1-2-4-13(16-8-7-14-10-16)11(3-1)9-15-12-5-6-12/h1-4,7-8,10,12,15H,5-6,9H2. The molecule has 0 atom stereocenters. The Bertz CT molecular complexity index is 458. The number of nitrogens with zero attached hydrogens (tertiary/aromatic N) is 2. The largest absolute Gasteiger partial charge is 0.310 e. The molecular weight excluding hydrogens is 198 g/mol. The zero-order valence-corrected chi connectivity index (χ0v) is 9.13. The van der Waals surface area contributed by atoms with Crippen molar-refractivity contribution in [3.05, 3.63) is 48.5 Å². The summed E-state index contributed by atoms with van der Waals surface area (Å²) in [6.07, 6.45) is 8.29. The highest BCUT2D eigenvalue weighted by molar-refractivity contribution is 5.40. The summed E-state index contributed by atoms with van der Waals surface area (Å²) in [5, 5.41) is 3.54. The summed E-state index contributed by atoms with van der Waals surface area (Å²) in [6.45, 7) is 0.943. The van der Waals surface area contributed by atoms with Crippen molar-refractivity contribution in [1.29, 1.82) is 0 Å². The summed E-state index contributed by atoms with van der Waals surface area (Å²) in [6, 6.07) is 9.20. The van der Waals surface area contributed by atoms with E-state index >= 15 is 0 Å². The van der Waals surface area contributed by atoms with Gasteiger partial charge in [-0.3, -0.25) is 0 Å². The zero-order chi connectivity index (χ0) is 10.8. The van der Waals surface area contributed by atoms with E-state index in [1.165, 1.54) is 24.1 Å². The molecule has 2 aromatic rings. The van der Waals surface area contributed by atoms with Gasteiger partial charge < -0.3 is 9.88 Å². The predicted octanol–water partition coefficient (Wildman–Crippen LogP) is 2.12. The van der Waals surface area contributed by atoms with Gasteiger partial charge in [-0.15, -0.1) is 0 Å². The lowest BCUT2D eigenvalue weighted by molar-refractivity contribution is 0.684. The van der Waals surface area contributed by atoms with Gasteiger partial charge in [0.25, 0.3) is 0 Å². The van der Waals surface area contributed by atoms with Crippen LogP contribution in [0.25, 0.3) is 5.69 Å². The summed E-state index contributed by atoms with van der Waals surface area (Å²) >= 11 is 0. The fourth-order valence-corrected chi connectivity index (χ4v) is 1.86. The van der Waals surface area contributed by atoms with Crippen LogP contribution in [0.15, 0.2) is 43.0 Å². The maximum Gasteiger partial charge on any atom is 0.0991 e. The molecule has 3 heteroatoms. The van der Waals surface area contributed by atoms with Crippen LogP contribution in [0, 0.1) is 0 Å². The van der Waals surface area contributed by atoms with Gasteiger partial charge in [0, 0.05) is 25.0 Å². The molecule has 1 heterocycles. The van der Waals surface area contributed by atoms with Crippen molar-refractivity contribution in [2.24, 2.45) is 0 Å². The van der Waals surface area contributed by atoms with E-state index in [1.54, 1.807) is 0 Å². The number of aromatic nitrogens is 2. The van der Waals surface area contributed by atoms with Crippen LogP contribution in [-0.4, -0.2) is 15.6 Å². The van der Waals surface area contributed by atoms with E-state index in [4.69, 9.17) is 0 Å². The summed E-state index contributed by atoms with van der Waals surface area (Å²) in [7, 11) is 0. The van der Waals surface area contributed by atoms with Crippen molar-refractivity contribution < 1.29 is 0 Å². The fourth-order valence-electron chi connectivity index (χ4n) is 1.86. The third kappa shape index (κ3) is 1.99. The number of nitrogens with one attached hydrogen (secondary N) is 1. The molecule has 3 rings (SSSR count). The van der Waals surface area contributed by atoms with E-state index in [0.717, 1.165) is 12.6 Å². The highest BCUT2D eigenvalue weighted by Crippen LogP contribution is 2.20. The summed E-state index contributed by atoms with van der Waals surface area (Å²) in [4.78, 5) is 4.09. The first-order valence-corrected chi connectivity index (χ1v) is 5.73. The van der Waals surface area contributed by atoms with Crippen LogP contribution < -0.4 is 5.32 Å². The minimum absolute atomic E-state index is 0.746. The molecule has 1 aromatic carbocycles. The Balaban J connectivity index is 1.85. The molecule has 0 bridgehead atoms. The van der Waals surface area contributed by atoms with Crippen molar-refractivity contribution in [2.45, 2.75) is 25.4 Å². The van der Waals surface area contributed by atoms with Gasteiger partial charge >= 0.3 is 0 Å². The molecule has 1 fully saturated rings. The van der Waals surface area contributed by atoms with Gasteiger partial charge in [0.1, 0.15) is 0 Å². The molecule has 82 valence electrons. The molecule has 1 saturated carbocycles. The SMILES string of the molecule is c1ccc(-n2ccnc2)c(CNC2CC2)c1. The van der Waals surface area contributed by atoms with Crippen molar-refractivity contribution in [3.8, 4) is 5.69 Å². The summed E-state index contributed by atoms with van der Waals surface area (Å²) in [5.41, 5.74) is 2.54. The topological polar surface area (TPSA) is 29.9 Å². The van der Waals surface area contributed by atoms with Gasteiger partial charge in [0.05, 0.1) is 12.0 Å². The number of rotatable bonds is 4. The van der Waals surface area contributed by atoms with Crippen LogP contribution in [0.4, 0.5) is 0 Å². The van der Waals surface area contributed by atoms with E-state index < -0.39 is 0 Å². The maximum atomic E-state index is 4.09. The normalized spacial score (nSPS) is 15.2. The number of imidazole rings is 1. The van der Waals surface area contributed by atoms with Crippen molar-refractivity contribution in [3.63, 3.8) is 0 Å². The number of para-hydroxylation sites is 1. The summed E-state index contributed by atoms with van der Waals surface area (Å²) in [5.74, 6) is 0. The minimum atomic E-state index is 0.746. The predicted molar refractivity (Wildman–Crippen MR) is 63.4 cm³/mol. The lowest BCUT2D eigenvalue weighted by Gasteiger charge is -2.10. The van der Waals surface area contributed by atoms with Crippen LogP contribution >= 0.6 is 0 Å². The first kappa shape index (κ1) is 9.60. The van der Waals surface area contributed by atoms with Gasteiger partial charge in [-0.1, -0.05) is 18.2 Å². The first-order valence-electron chi connectivity index (χ1n) is 5.73. The molecule has 1 aliphatic rings. The second kappa shape index (κ2) is 4.10. The van der Waals surface area contributed by atoms with Crippen molar-refractivity contribution in [1.82, 2.24) is 14.9 Å². The average molecular weight is 213 g/mol. The Morgan fingerprint density at radius 1 is 1.31 bits per heavy atom. The molecule has 0 saturated heterocycles. The Hall–Kier alpha value is -1.61. The summed E-state index contributed by atoms with van der Waals surface area (Å²) < 4.78 is 2.06. The van der Waals surface area contributed by atoms with Crippen LogP contribution in [0.3, 0.4) is 0 Å². The molecule has 1 aliphatic carbocycles. The monoisotopic (exact) mass is 213 g/mol. The molecule has 3 nitrogen and oxygen atoms in total. The van der Waals surface area contributed by atoms with Gasteiger partial charge in [-0.25, -0.2) is 4.98 Å². The quantitative estimate of drug-likeness (QED) is 0.843. The highest BCUT2D eigenvalue weighted by Gasteiger charge is 2.20. The molecule has 0 amide bonds.